The summed E-state index contributed by atoms with van der Waals surface area (Å²) >= 11 is 2.88. The Morgan fingerprint density at radius 3 is 2.47 bits per heavy atom. The predicted octanol–water partition coefficient (Wildman–Crippen LogP) is 4.14. The Hall–Kier alpha value is -3.04. The summed E-state index contributed by atoms with van der Waals surface area (Å²) in [5.41, 5.74) is 2.67. The molecule has 2 aliphatic carbocycles. The topological polar surface area (TPSA) is 99.7 Å². The maximum atomic E-state index is 13.8. The van der Waals surface area contributed by atoms with E-state index in [1.165, 1.54) is 23.3 Å². The number of hydrogen-bond donors (Lipinski definition) is 2. The smallest absolute Gasteiger partial charge is 0.305 e. The van der Waals surface area contributed by atoms with Crippen molar-refractivity contribution >= 4 is 40.6 Å². The molecule has 3 heterocycles. The van der Waals surface area contributed by atoms with Gasteiger partial charge in [-0.05, 0) is 60.9 Å². The first-order chi connectivity index (χ1) is 17.4. The summed E-state index contributed by atoms with van der Waals surface area (Å²) in [6.07, 6.45) is 0.835. The number of benzene rings is 2. The van der Waals surface area contributed by atoms with Crippen LogP contribution in [-0.2, 0) is 9.59 Å². The summed E-state index contributed by atoms with van der Waals surface area (Å²) in [5, 5.41) is 11.2. The van der Waals surface area contributed by atoms with E-state index < -0.39 is 0 Å². The number of aromatic hydroxyl groups is 1. The maximum Gasteiger partial charge on any atom is 0.305 e. The van der Waals surface area contributed by atoms with Crippen molar-refractivity contribution in [2.45, 2.75) is 29.5 Å². The van der Waals surface area contributed by atoms with Crippen LogP contribution in [-0.4, -0.2) is 34.3 Å². The van der Waals surface area contributed by atoms with Gasteiger partial charge in [-0.2, -0.15) is 0 Å². The van der Waals surface area contributed by atoms with Crippen LogP contribution >= 0.6 is 23.1 Å². The number of thioether (sulfide) groups is 1. The molecule has 9 heteroatoms. The van der Waals surface area contributed by atoms with Crippen molar-refractivity contribution in [3.8, 4) is 11.5 Å². The summed E-state index contributed by atoms with van der Waals surface area (Å²) in [6, 6.07) is 12.9. The number of fused-ring (bicyclic) bond motifs is 9. The molecule has 4 aliphatic rings. The number of aromatic nitrogens is 1. The second-order valence-electron chi connectivity index (χ2n) is 10.2. The van der Waals surface area contributed by atoms with Gasteiger partial charge in [0.05, 0.1) is 29.7 Å². The normalized spacial score (nSPS) is 31.9. The summed E-state index contributed by atoms with van der Waals surface area (Å²) in [6.45, 7) is 1.98. The van der Waals surface area contributed by atoms with E-state index in [0.717, 1.165) is 27.5 Å². The van der Waals surface area contributed by atoms with Crippen molar-refractivity contribution in [1.82, 2.24) is 4.98 Å². The van der Waals surface area contributed by atoms with E-state index in [9.17, 15) is 19.5 Å². The lowest BCUT2D eigenvalue weighted by atomic mass is 9.68. The number of phenolic OH excluding ortho intramolecular Hbond substituents is 1. The number of aromatic amines is 1. The second kappa shape index (κ2) is 7.73. The Balaban J connectivity index is 1.33. The van der Waals surface area contributed by atoms with E-state index in [0.29, 0.717) is 11.4 Å². The Labute approximate surface area is 215 Å². The van der Waals surface area contributed by atoms with Crippen LogP contribution in [0.15, 0.2) is 52.3 Å². The van der Waals surface area contributed by atoms with E-state index in [4.69, 9.17) is 4.74 Å². The zero-order chi connectivity index (χ0) is 24.9. The van der Waals surface area contributed by atoms with E-state index in [2.05, 4.69) is 4.98 Å². The quantitative estimate of drug-likeness (QED) is 0.504. The van der Waals surface area contributed by atoms with Gasteiger partial charge in [0.2, 0.25) is 11.8 Å². The van der Waals surface area contributed by atoms with Crippen LogP contribution in [0.5, 0.6) is 11.5 Å². The number of anilines is 1. The Kier molecular flexibility index (Phi) is 4.76. The molecule has 0 spiro atoms. The number of carbonyl (C=O) groups excluding carboxylic acids is 2. The van der Waals surface area contributed by atoms with Crippen LogP contribution in [0, 0.1) is 36.5 Å². The number of aryl methyl sites for hydroxylation is 1. The third-order valence-corrected chi connectivity index (χ3v) is 11.2. The number of carbonyl (C=O) groups is 2. The van der Waals surface area contributed by atoms with Crippen LogP contribution < -0.4 is 14.5 Å². The minimum absolute atomic E-state index is 0.0412. The lowest BCUT2D eigenvalue weighted by Crippen LogP contribution is -2.42. The van der Waals surface area contributed by atoms with Gasteiger partial charge in [0.1, 0.15) is 0 Å². The second-order valence-corrected chi connectivity index (χ2v) is 12.4. The van der Waals surface area contributed by atoms with E-state index in [1.54, 1.807) is 17.8 Å². The largest absolute Gasteiger partial charge is 0.504 e. The van der Waals surface area contributed by atoms with Gasteiger partial charge in [-0.3, -0.25) is 19.3 Å². The molecule has 7 nitrogen and oxygen atoms in total. The van der Waals surface area contributed by atoms with Crippen LogP contribution in [0.4, 0.5) is 5.69 Å². The number of H-pyrrole nitrogens is 1. The zero-order valence-corrected chi connectivity index (χ0v) is 21.3. The van der Waals surface area contributed by atoms with Gasteiger partial charge in [-0.1, -0.05) is 35.1 Å². The van der Waals surface area contributed by atoms with Gasteiger partial charge in [0.25, 0.3) is 0 Å². The average Bonchev–Trinajstić information content (AvgIpc) is 3.59. The number of methoxy groups -OCH3 is 1. The minimum atomic E-state index is -0.343. The SMILES string of the molecule is COc1cc(C2c3sc(=O)[nH]c3SC3C2[C@H]2C[C@@H]3C3C(=O)N(c4ccc(C)cc4)C(=O)C32)ccc1O. The third kappa shape index (κ3) is 2.90. The van der Waals surface area contributed by atoms with Crippen molar-refractivity contribution in [2.24, 2.45) is 29.6 Å². The third-order valence-electron chi connectivity index (χ3n) is 8.58. The van der Waals surface area contributed by atoms with Crippen LogP contribution in [0.3, 0.4) is 0 Å². The molecule has 1 aromatic heterocycles. The van der Waals surface area contributed by atoms with Gasteiger partial charge in [-0.15, -0.1) is 11.8 Å². The summed E-state index contributed by atoms with van der Waals surface area (Å²) < 4.78 is 5.39. The molecule has 0 radical (unpaired) electrons. The van der Waals surface area contributed by atoms with Crippen LogP contribution in [0.25, 0.3) is 0 Å². The average molecular weight is 521 g/mol. The molecule has 7 atom stereocenters. The van der Waals surface area contributed by atoms with E-state index >= 15 is 0 Å². The highest BCUT2D eigenvalue weighted by Crippen LogP contribution is 2.68. The first-order valence-electron chi connectivity index (χ1n) is 12.1. The fourth-order valence-corrected chi connectivity index (χ4v) is 10.1. The number of nitrogens with one attached hydrogen (secondary N) is 1. The molecule has 36 heavy (non-hydrogen) atoms. The molecule has 1 saturated heterocycles. The minimum Gasteiger partial charge on any atom is -0.504 e. The first-order valence-corrected chi connectivity index (χ1v) is 13.8. The maximum absolute atomic E-state index is 13.8. The molecule has 2 amide bonds. The number of nitrogens with zero attached hydrogens (tertiary/aromatic N) is 1. The molecular weight excluding hydrogens is 496 g/mol. The van der Waals surface area contributed by atoms with Gasteiger partial charge < -0.3 is 14.8 Å². The Bertz CT molecular complexity index is 1480. The molecule has 184 valence electrons. The summed E-state index contributed by atoms with van der Waals surface area (Å²) in [4.78, 5) is 45.1. The monoisotopic (exact) mass is 520 g/mol. The van der Waals surface area contributed by atoms with Gasteiger partial charge in [-0.25, -0.2) is 0 Å². The fourth-order valence-electron chi connectivity index (χ4n) is 7.23. The summed E-state index contributed by atoms with van der Waals surface area (Å²) in [5.74, 6) is -0.313. The Morgan fingerprint density at radius 1 is 1.03 bits per heavy atom. The molecule has 2 bridgehead atoms. The Morgan fingerprint density at radius 2 is 1.75 bits per heavy atom. The molecular formula is C27H24N2O5S2. The first kappa shape index (κ1) is 22.2. The lowest BCUT2D eigenvalue weighted by molar-refractivity contribution is -0.123. The molecule has 3 aromatic rings. The zero-order valence-electron chi connectivity index (χ0n) is 19.6. The molecule has 2 N–H and O–H groups in total. The highest BCUT2D eigenvalue weighted by Gasteiger charge is 2.69. The van der Waals surface area contributed by atoms with Crippen LogP contribution in [0.1, 0.15) is 28.3 Å². The van der Waals surface area contributed by atoms with Crippen LogP contribution in [0.2, 0.25) is 0 Å². The summed E-state index contributed by atoms with van der Waals surface area (Å²) in [7, 11) is 1.52. The van der Waals surface area contributed by atoms with Crippen molar-refractivity contribution in [1.29, 1.82) is 0 Å². The number of rotatable bonds is 3. The van der Waals surface area contributed by atoms with Crippen molar-refractivity contribution in [3.63, 3.8) is 0 Å². The molecule has 7 rings (SSSR count). The number of ether oxygens (including phenoxy) is 1. The molecule has 2 aromatic carbocycles. The number of imide groups is 1. The number of amides is 2. The van der Waals surface area contributed by atoms with Crippen molar-refractivity contribution in [2.75, 3.05) is 12.0 Å². The predicted molar refractivity (Wildman–Crippen MR) is 137 cm³/mol. The van der Waals surface area contributed by atoms with Gasteiger partial charge in [0.15, 0.2) is 11.5 Å². The van der Waals surface area contributed by atoms with Gasteiger partial charge >= 0.3 is 4.87 Å². The standard InChI is InChI=1S/C27H24N2O5S2/c1-11-3-6-13(7-4-11)29-25(31)20-14-10-15(21(20)26(29)32)22-19(14)18(23-24(35-22)28-27(33)36-23)12-5-8-16(30)17(9-12)34-2/h3-9,14-15,18-22,30H,10H2,1-2H3,(H,28,33)/t14-,15-,18?,19?,20?,21?,22?/m1/s1. The van der Waals surface area contributed by atoms with E-state index in [-0.39, 0.29) is 63.2 Å². The number of phenols is 1. The van der Waals surface area contributed by atoms with Crippen molar-refractivity contribution < 1.29 is 19.4 Å². The highest BCUT2D eigenvalue weighted by molar-refractivity contribution is 8.00. The number of hydrogen-bond acceptors (Lipinski definition) is 7. The van der Waals surface area contributed by atoms with E-state index in [1.807, 2.05) is 43.3 Å². The molecule has 2 saturated carbocycles. The number of thiazole rings is 1. The molecule has 5 unspecified atom stereocenters. The van der Waals surface area contributed by atoms with Gasteiger partial charge in [0, 0.05) is 16.0 Å². The fraction of sp³-hybridized carbons (Fsp3) is 0.370. The molecule has 3 fully saturated rings. The van der Waals surface area contributed by atoms with Crippen molar-refractivity contribution in [3.05, 3.63) is 68.1 Å². The highest BCUT2D eigenvalue weighted by atomic mass is 32.2. The lowest BCUT2D eigenvalue weighted by Gasteiger charge is -2.43. The molecule has 2 aliphatic heterocycles.